The maximum absolute atomic E-state index is 8.45. The molecule has 0 aliphatic rings. The van der Waals surface area contributed by atoms with Crippen LogP contribution in [0.1, 0.15) is 13.8 Å². The monoisotopic (exact) mass is 134 g/mol. The number of hydrogen-bond acceptors (Lipinski definition) is 2. The molecule has 0 aliphatic heterocycles. The molecule has 0 radical (unpaired) electrons. The minimum atomic E-state index is 0.616. The summed E-state index contributed by atoms with van der Waals surface area (Å²) in [6, 6.07) is 2.01. The van der Waals surface area contributed by atoms with Crippen LogP contribution in [0.3, 0.4) is 0 Å². The molecule has 2 nitrogen and oxygen atoms in total. The molecular formula is C8H10N2. The van der Waals surface area contributed by atoms with Crippen LogP contribution in [0.2, 0.25) is 0 Å². The Bertz CT molecular complexity index is 216. The summed E-state index contributed by atoms with van der Waals surface area (Å²) in [5.74, 6) is 0. The van der Waals surface area contributed by atoms with E-state index in [1.807, 2.05) is 13.0 Å². The summed E-state index contributed by atoms with van der Waals surface area (Å²) < 4.78 is 0. The van der Waals surface area contributed by atoms with Gasteiger partial charge in [0.05, 0.1) is 6.07 Å². The average Bonchev–Trinajstić information content (AvgIpc) is 1.99. The van der Waals surface area contributed by atoms with Crippen molar-refractivity contribution in [3.63, 3.8) is 0 Å². The number of aliphatic imine (C=N–C) groups is 1. The Hall–Kier alpha value is -1.36. The Balaban J connectivity index is 4.41. The maximum Gasteiger partial charge on any atom is 0.0988 e. The third-order valence-corrected chi connectivity index (χ3v) is 1.05. The fourth-order valence-corrected chi connectivity index (χ4v) is 0.451. The minimum Gasteiger partial charge on any atom is -0.269 e. The molecule has 0 atom stereocenters. The molecule has 0 saturated carbocycles. The highest BCUT2D eigenvalue weighted by molar-refractivity contribution is 5.37. The standard InChI is InChI=1S/C8H10N2/c1-4-8(6-9)5-7(2)10-3/h4-5H,3H2,1-2H3/b7-5-,8-4+. The van der Waals surface area contributed by atoms with Gasteiger partial charge in [-0.1, -0.05) is 6.08 Å². The lowest BCUT2D eigenvalue weighted by atomic mass is 10.2. The Morgan fingerprint density at radius 2 is 2.30 bits per heavy atom. The molecule has 0 bridgehead atoms. The molecule has 0 spiro atoms. The second-order valence-electron chi connectivity index (χ2n) is 1.80. The zero-order chi connectivity index (χ0) is 7.98. The molecule has 0 fully saturated rings. The molecule has 0 N–H and O–H groups in total. The molecule has 0 aromatic heterocycles. The van der Waals surface area contributed by atoms with E-state index in [2.05, 4.69) is 11.7 Å². The lowest BCUT2D eigenvalue weighted by Crippen LogP contribution is -1.72. The first kappa shape index (κ1) is 8.64. The van der Waals surface area contributed by atoms with Gasteiger partial charge in [-0.15, -0.1) is 0 Å². The van der Waals surface area contributed by atoms with E-state index in [-0.39, 0.29) is 0 Å². The SMILES string of the molecule is C=N/C(C)=C\C(C#N)=C/C. The van der Waals surface area contributed by atoms with Gasteiger partial charge in [0.2, 0.25) is 0 Å². The Labute approximate surface area is 61.2 Å². The van der Waals surface area contributed by atoms with E-state index >= 15 is 0 Å². The number of rotatable bonds is 2. The molecule has 0 heterocycles. The van der Waals surface area contributed by atoms with Crippen molar-refractivity contribution in [3.8, 4) is 6.07 Å². The van der Waals surface area contributed by atoms with Gasteiger partial charge in [-0.2, -0.15) is 5.26 Å². The summed E-state index contributed by atoms with van der Waals surface area (Å²) in [6.07, 6.45) is 3.42. The van der Waals surface area contributed by atoms with Crippen molar-refractivity contribution in [1.29, 1.82) is 5.26 Å². The molecule has 0 amide bonds. The van der Waals surface area contributed by atoms with E-state index in [0.29, 0.717) is 5.57 Å². The van der Waals surface area contributed by atoms with E-state index in [1.54, 1.807) is 19.1 Å². The number of hydrogen-bond donors (Lipinski definition) is 0. The van der Waals surface area contributed by atoms with Gasteiger partial charge in [-0.25, -0.2) is 0 Å². The summed E-state index contributed by atoms with van der Waals surface area (Å²) in [5, 5.41) is 8.45. The van der Waals surface area contributed by atoms with Crippen LogP contribution >= 0.6 is 0 Å². The van der Waals surface area contributed by atoms with Crippen molar-refractivity contribution in [2.24, 2.45) is 4.99 Å². The lowest BCUT2D eigenvalue weighted by Gasteiger charge is -1.87. The normalized spacial score (nSPS) is 12.5. The number of nitrogens with zero attached hydrogens (tertiary/aromatic N) is 2. The predicted molar refractivity (Wildman–Crippen MR) is 42.7 cm³/mol. The van der Waals surface area contributed by atoms with Crippen LogP contribution < -0.4 is 0 Å². The van der Waals surface area contributed by atoms with E-state index in [0.717, 1.165) is 5.70 Å². The molecule has 52 valence electrons. The highest BCUT2D eigenvalue weighted by Gasteiger charge is 1.86. The third-order valence-electron chi connectivity index (χ3n) is 1.05. The van der Waals surface area contributed by atoms with Gasteiger partial charge < -0.3 is 0 Å². The quantitative estimate of drug-likeness (QED) is 0.323. The van der Waals surface area contributed by atoms with Crippen molar-refractivity contribution >= 4 is 6.72 Å². The number of nitriles is 1. The summed E-state index contributed by atoms with van der Waals surface area (Å²) in [5.41, 5.74) is 1.37. The van der Waals surface area contributed by atoms with Crippen molar-refractivity contribution in [2.75, 3.05) is 0 Å². The van der Waals surface area contributed by atoms with Crippen LogP contribution in [-0.2, 0) is 0 Å². The summed E-state index contributed by atoms with van der Waals surface area (Å²) in [4.78, 5) is 3.64. The smallest absolute Gasteiger partial charge is 0.0988 e. The predicted octanol–water partition coefficient (Wildman–Crippen LogP) is 2.06. The van der Waals surface area contributed by atoms with Gasteiger partial charge in [-0.05, 0) is 26.6 Å². The first-order chi connectivity index (χ1) is 4.74. The van der Waals surface area contributed by atoms with Gasteiger partial charge in [-0.3, -0.25) is 4.99 Å². The lowest BCUT2D eigenvalue weighted by molar-refractivity contribution is 1.31. The van der Waals surface area contributed by atoms with E-state index in [9.17, 15) is 0 Å². The van der Waals surface area contributed by atoms with Crippen molar-refractivity contribution in [3.05, 3.63) is 23.4 Å². The highest BCUT2D eigenvalue weighted by atomic mass is 14.7. The fourth-order valence-electron chi connectivity index (χ4n) is 0.451. The first-order valence-corrected chi connectivity index (χ1v) is 2.96. The van der Waals surface area contributed by atoms with Crippen LogP contribution in [0, 0.1) is 11.3 Å². The van der Waals surface area contributed by atoms with E-state index in [1.165, 1.54) is 0 Å². The Kier molecular flexibility index (Phi) is 3.90. The molecule has 0 aromatic carbocycles. The largest absolute Gasteiger partial charge is 0.269 e. The molecule has 2 heteroatoms. The van der Waals surface area contributed by atoms with Gasteiger partial charge in [0.15, 0.2) is 0 Å². The first-order valence-electron chi connectivity index (χ1n) is 2.96. The second kappa shape index (κ2) is 4.51. The topological polar surface area (TPSA) is 36.1 Å². The molecule has 0 rings (SSSR count). The van der Waals surface area contributed by atoms with Gasteiger partial charge >= 0.3 is 0 Å². The minimum absolute atomic E-state index is 0.616. The maximum atomic E-state index is 8.45. The summed E-state index contributed by atoms with van der Waals surface area (Å²) in [6.45, 7) is 6.94. The van der Waals surface area contributed by atoms with Crippen LogP contribution in [0.25, 0.3) is 0 Å². The van der Waals surface area contributed by atoms with Crippen LogP contribution in [0.15, 0.2) is 28.4 Å². The summed E-state index contributed by atoms with van der Waals surface area (Å²) >= 11 is 0. The van der Waals surface area contributed by atoms with Crippen LogP contribution in [-0.4, -0.2) is 6.72 Å². The third kappa shape index (κ3) is 2.83. The second-order valence-corrected chi connectivity index (χ2v) is 1.80. The molecule has 0 aliphatic carbocycles. The zero-order valence-corrected chi connectivity index (χ0v) is 6.26. The van der Waals surface area contributed by atoms with Crippen LogP contribution in [0.5, 0.6) is 0 Å². The van der Waals surface area contributed by atoms with E-state index < -0.39 is 0 Å². The van der Waals surface area contributed by atoms with Gasteiger partial charge in [0.25, 0.3) is 0 Å². The number of allylic oxidation sites excluding steroid dienone is 4. The van der Waals surface area contributed by atoms with Gasteiger partial charge in [0.1, 0.15) is 0 Å². The van der Waals surface area contributed by atoms with Crippen molar-refractivity contribution < 1.29 is 0 Å². The Morgan fingerprint density at radius 3 is 2.60 bits per heavy atom. The van der Waals surface area contributed by atoms with Gasteiger partial charge in [0, 0.05) is 11.3 Å². The molecular weight excluding hydrogens is 124 g/mol. The zero-order valence-electron chi connectivity index (χ0n) is 6.26. The van der Waals surface area contributed by atoms with E-state index in [4.69, 9.17) is 5.26 Å². The molecule has 10 heavy (non-hydrogen) atoms. The molecule has 0 aromatic rings. The Morgan fingerprint density at radius 1 is 1.70 bits per heavy atom. The van der Waals surface area contributed by atoms with Crippen molar-refractivity contribution in [2.45, 2.75) is 13.8 Å². The summed E-state index contributed by atoms with van der Waals surface area (Å²) in [7, 11) is 0. The highest BCUT2D eigenvalue weighted by Crippen LogP contribution is 2.00. The molecule has 0 saturated heterocycles. The molecule has 0 unspecified atom stereocenters. The van der Waals surface area contributed by atoms with Crippen molar-refractivity contribution in [1.82, 2.24) is 0 Å². The average molecular weight is 134 g/mol. The van der Waals surface area contributed by atoms with Crippen LogP contribution in [0.4, 0.5) is 0 Å². The fraction of sp³-hybridized carbons (Fsp3) is 0.250.